The Bertz CT molecular complexity index is 437. The summed E-state index contributed by atoms with van der Waals surface area (Å²) in [6, 6.07) is 3.27. The fraction of sp³-hybridized carbons (Fsp3) is 0.500. The van der Waals surface area contributed by atoms with E-state index < -0.39 is 0 Å². The van der Waals surface area contributed by atoms with E-state index in [4.69, 9.17) is 15.7 Å². The van der Waals surface area contributed by atoms with Gasteiger partial charge in [0, 0.05) is 6.54 Å². The summed E-state index contributed by atoms with van der Waals surface area (Å²) in [4.78, 5) is 18.1. The minimum Gasteiger partial charge on any atom is -0.394 e. The molecule has 1 amide bonds. The number of nitrogens with two attached hydrogens (primary N) is 1. The SMILES string of the molecule is CC1COC(CO)CN1C(=O)c1ccc(NN)cn1. The molecule has 1 saturated heterocycles. The van der Waals surface area contributed by atoms with Crippen molar-refractivity contribution in [3.8, 4) is 0 Å². The first-order chi connectivity index (χ1) is 9.15. The van der Waals surface area contributed by atoms with E-state index in [-0.39, 0.29) is 24.7 Å². The Morgan fingerprint density at radius 1 is 1.68 bits per heavy atom. The highest BCUT2D eigenvalue weighted by Crippen LogP contribution is 2.15. The highest BCUT2D eigenvalue weighted by molar-refractivity contribution is 5.92. The van der Waals surface area contributed by atoms with Crippen molar-refractivity contribution in [1.82, 2.24) is 9.88 Å². The van der Waals surface area contributed by atoms with Gasteiger partial charge in [-0.15, -0.1) is 0 Å². The Labute approximate surface area is 111 Å². The molecule has 7 nitrogen and oxygen atoms in total. The molecule has 0 spiro atoms. The van der Waals surface area contributed by atoms with Crippen molar-refractivity contribution in [2.45, 2.75) is 19.1 Å². The second-order valence-electron chi connectivity index (χ2n) is 4.52. The van der Waals surface area contributed by atoms with Crippen molar-refractivity contribution >= 4 is 11.6 Å². The molecule has 1 fully saturated rings. The lowest BCUT2D eigenvalue weighted by atomic mass is 10.1. The molecule has 0 bridgehead atoms. The summed E-state index contributed by atoms with van der Waals surface area (Å²) in [5.74, 6) is 5.08. The minimum absolute atomic E-state index is 0.0376. The Balaban J connectivity index is 2.12. The molecule has 0 aliphatic carbocycles. The number of anilines is 1. The molecule has 1 aromatic heterocycles. The third kappa shape index (κ3) is 3.01. The molecule has 0 saturated carbocycles. The number of nitrogens with zero attached hydrogens (tertiary/aromatic N) is 2. The van der Waals surface area contributed by atoms with Gasteiger partial charge in [0.2, 0.25) is 0 Å². The molecule has 4 N–H and O–H groups in total. The van der Waals surface area contributed by atoms with Crippen molar-refractivity contribution in [2.75, 3.05) is 25.2 Å². The first-order valence-corrected chi connectivity index (χ1v) is 6.11. The quantitative estimate of drug-likeness (QED) is 0.508. The van der Waals surface area contributed by atoms with Crippen LogP contribution in [0.25, 0.3) is 0 Å². The van der Waals surface area contributed by atoms with Crippen molar-refractivity contribution in [3.63, 3.8) is 0 Å². The normalized spacial score (nSPS) is 23.2. The number of aliphatic hydroxyl groups excluding tert-OH is 1. The maximum Gasteiger partial charge on any atom is 0.272 e. The summed E-state index contributed by atoms with van der Waals surface area (Å²) in [6.45, 7) is 2.59. The highest BCUT2D eigenvalue weighted by atomic mass is 16.5. The van der Waals surface area contributed by atoms with E-state index in [0.29, 0.717) is 24.5 Å². The Morgan fingerprint density at radius 2 is 2.47 bits per heavy atom. The van der Waals surface area contributed by atoms with Crippen LogP contribution in [0.15, 0.2) is 18.3 Å². The minimum atomic E-state index is -0.329. The average molecular weight is 266 g/mol. The molecule has 2 rings (SSSR count). The molecule has 0 aromatic carbocycles. The fourth-order valence-corrected chi connectivity index (χ4v) is 1.96. The van der Waals surface area contributed by atoms with Gasteiger partial charge in [-0.2, -0.15) is 0 Å². The van der Waals surface area contributed by atoms with Crippen LogP contribution in [0.1, 0.15) is 17.4 Å². The molecule has 2 atom stereocenters. The number of pyridine rings is 1. The zero-order valence-corrected chi connectivity index (χ0v) is 10.7. The van der Waals surface area contributed by atoms with Crippen LogP contribution < -0.4 is 11.3 Å². The number of hydrogen-bond donors (Lipinski definition) is 3. The van der Waals surface area contributed by atoms with Crippen LogP contribution in [0.5, 0.6) is 0 Å². The van der Waals surface area contributed by atoms with E-state index in [1.54, 1.807) is 17.0 Å². The molecule has 2 heterocycles. The van der Waals surface area contributed by atoms with Gasteiger partial charge in [-0.1, -0.05) is 0 Å². The van der Waals surface area contributed by atoms with Crippen LogP contribution >= 0.6 is 0 Å². The number of amides is 1. The number of morpholine rings is 1. The van der Waals surface area contributed by atoms with E-state index in [0.717, 1.165) is 0 Å². The molecule has 1 aromatic rings. The van der Waals surface area contributed by atoms with Gasteiger partial charge in [-0.05, 0) is 19.1 Å². The van der Waals surface area contributed by atoms with E-state index in [2.05, 4.69) is 10.4 Å². The third-order valence-electron chi connectivity index (χ3n) is 3.12. The van der Waals surface area contributed by atoms with Gasteiger partial charge in [0.1, 0.15) is 5.69 Å². The van der Waals surface area contributed by atoms with Crippen LogP contribution in [0.4, 0.5) is 5.69 Å². The number of nitrogen functional groups attached to an aromatic ring is 1. The second-order valence-corrected chi connectivity index (χ2v) is 4.52. The average Bonchev–Trinajstić information content (AvgIpc) is 2.47. The van der Waals surface area contributed by atoms with Crippen molar-refractivity contribution in [1.29, 1.82) is 0 Å². The molecule has 0 radical (unpaired) electrons. The number of nitrogens with one attached hydrogen (secondary N) is 1. The topological polar surface area (TPSA) is 101 Å². The summed E-state index contributed by atoms with van der Waals surface area (Å²) < 4.78 is 5.40. The highest BCUT2D eigenvalue weighted by Gasteiger charge is 2.30. The maximum atomic E-state index is 12.3. The molecule has 104 valence electrons. The lowest BCUT2D eigenvalue weighted by molar-refractivity contribution is -0.0668. The third-order valence-corrected chi connectivity index (χ3v) is 3.12. The first kappa shape index (κ1) is 13.7. The largest absolute Gasteiger partial charge is 0.394 e. The molecule has 7 heteroatoms. The summed E-state index contributed by atoms with van der Waals surface area (Å²) in [5.41, 5.74) is 3.45. The molecule has 19 heavy (non-hydrogen) atoms. The lowest BCUT2D eigenvalue weighted by Gasteiger charge is -2.37. The molecule has 1 aliphatic rings. The van der Waals surface area contributed by atoms with E-state index in [1.165, 1.54) is 6.20 Å². The van der Waals surface area contributed by atoms with E-state index in [1.807, 2.05) is 6.92 Å². The molecular weight excluding hydrogens is 248 g/mol. The summed E-state index contributed by atoms with van der Waals surface area (Å²) in [6.07, 6.45) is 1.17. The van der Waals surface area contributed by atoms with Gasteiger partial charge in [-0.3, -0.25) is 10.6 Å². The van der Waals surface area contributed by atoms with Crippen LogP contribution in [0, 0.1) is 0 Å². The standard InChI is InChI=1S/C12H18N4O3/c1-8-7-19-10(6-17)5-16(8)12(18)11-3-2-9(15-13)4-14-11/h2-4,8,10,15,17H,5-7,13H2,1H3. The van der Waals surface area contributed by atoms with Gasteiger partial charge in [0.15, 0.2) is 0 Å². The van der Waals surface area contributed by atoms with Crippen molar-refractivity contribution < 1.29 is 14.6 Å². The van der Waals surface area contributed by atoms with Gasteiger partial charge in [0.25, 0.3) is 5.91 Å². The predicted octanol–water partition coefficient (Wildman–Crippen LogP) is -0.411. The maximum absolute atomic E-state index is 12.3. The van der Waals surface area contributed by atoms with Crippen LogP contribution in [-0.4, -0.2) is 52.8 Å². The number of aliphatic hydroxyl groups is 1. The number of rotatable bonds is 3. The lowest BCUT2D eigenvalue weighted by Crippen LogP contribution is -2.52. The van der Waals surface area contributed by atoms with Gasteiger partial charge in [0.05, 0.1) is 37.2 Å². The van der Waals surface area contributed by atoms with Crippen molar-refractivity contribution in [2.24, 2.45) is 5.84 Å². The zero-order chi connectivity index (χ0) is 13.8. The molecule has 2 unspecified atom stereocenters. The van der Waals surface area contributed by atoms with Crippen LogP contribution in [0.2, 0.25) is 0 Å². The van der Waals surface area contributed by atoms with Gasteiger partial charge >= 0.3 is 0 Å². The molecular formula is C12H18N4O3. The molecule has 1 aliphatic heterocycles. The van der Waals surface area contributed by atoms with Crippen molar-refractivity contribution in [3.05, 3.63) is 24.0 Å². The second kappa shape index (κ2) is 5.96. The number of carbonyl (C=O) groups excluding carboxylic acids is 1. The number of aromatic nitrogens is 1. The Morgan fingerprint density at radius 3 is 3.05 bits per heavy atom. The number of carbonyl (C=O) groups is 1. The number of hydrazine groups is 1. The Kier molecular flexibility index (Phi) is 4.31. The van der Waals surface area contributed by atoms with Crippen LogP contribution in [-0.2, 0) is 4.74 Å². The fourth-order valence-electron chi connectivity index (χ4n) is 1.96. The van der Waals surface area contributed by atoms with Crippen LogP contribution in [0.3, 0.4) is 0 Å². The summed E-state index contributed by atoms with van der Waals surface area (Å²) >= 11 is 0. The summed E-state index contributed by atoms with van der Waals surface area (Å²) in [7, 11) is 0. The monoisotopic (exact) mass is 266 g/mol. The van der Waals surface area contributed by atoms with Gasteiger partial charge in [-0.25, -0.2) is 4.98 Å². The van der Waals surface area contributed by atoms with E-state index >= 15 is 0 Å². The smallest absolute Gasteiger partial charge is 0.272 e. The zero-order valence-electron chi connectivity index (χ0n) is 10.7. The Hall–Kier alpha value is -1.70. The van der Waals surface area contributed by atoms with E-state index in [9.17, 15) is 4.79 Å². The number of hydrogen-bond acceptors (Lipinski definition) is 6. The first-order valence-electron chi connectivity index (χ1n) is 6.11. The van der Waals surface area contributed by atoms with Gasteiger partial charge < -0.3 is 20.2 Å². The number of ether oxygens (including phenoxy) is 1. The predicted molar refractivity (Wildman–Crippen MR) is 69.4 cm³/mol. The summed E-state index contributed by atoms with van der Waals surface area (Å²) in [5, 5.41) is 9.11.